The van der Waals surface area contributed by atoms with Crippen LogP contribution < -0.4 is 0 Å². The summed E-state index contributed by atoms with van der Waals surface area (Å²) in [6.45, 7) is 1.15. The molecular formula is C14H16BrNO4. The van der Waals surface area contributed by atoms with Crippen molar-refractivity contribution in [3.8, 4) is 5.75 Å². The van der Waals surface area contributed by atoms with Crippen molar-refractivity contribution in [2.75, 3.05) is 19.7 Å². The number of halogens is 1. The van der Waals surface area contributed by atoms with Crippen LogP contribution in [0.2, 0.25) is 0 Å². The van der Waals surface area contributed by atoms with Crippen molar-refractivity contribution in [2.45, 2.75) is 19.3 Å². The van der Waals surface area contributed by atoms with Crippen molar-refractivity contribution in [3.05, 3.63) is 28.2 Å². The molecule has 0 aliphatic carbocycles. The minimum absolute atomic E-state index is 0.0471. The minimum Gasteiger partial charge on any atom is -0.507 e. The summed E-state index contributed by atoms with van der Waals surface area (Å²) in [5.41, 5.74) is 0.0471. The van der Waals surface area contributed by atoms with E-state index in [9.17, 15) is 14.7 Å². The zero-order valence-electron chi connectivity index (χ0n) is 11.0. The molecule has 0 radical (unpaired) electrons. The predicted molar refractivity (Wildman–Crippen MR) is 76.5 cm³/mol. The number of carbonyl (C=O) groups is 2. The predicted octanol–water partition coefficient (Wildman–Crippen LogP) is 2.32. The van der Waals surface area contributed by atoms with Gasteiger partial charge in [-0.25, -0.2) is 4.79 Å². The molecule has 1 heterocycles. The highest BCUT2D eigenvalue weighted by atomic mass is 79.9. The molecule has 1 N–H and O–H groups in total. The molecule has 2 rings (SSSR count). The topological polar surface area (TPSA) is 66.8 Å². The molecular weight excluding hydrogens is 326 g/mol. The van der Waals surface area contributed by atoms with Gasteiger partial charge in [-0.05, 0) is 37.5 Å². The standard InChI is InChI=1S/C14H16BrNO4/c15-10-4-5-12(17)11(8-10)14(19)20-9-13(18)16-6-2-1-3-7-16/h4-5,8,17H,1-3,6-7,9H2. The number of benzene rings is 1. The molecule has 0 saturated carbocycles. The molecule has 1 aliphatic heterocycles. The maximum absolute atomic E-state index is 11.9. The van der Waals surface area contributed by atoms with Crippen molar-refractivity contribution >= 4 is 27.8 Å². The Morgan fingerprint density at radius 1 is 1.25 bits per heavy atom. The number of ether oxygens (including phenoxy) is 1. The quantitative estimate of drug-likeness (QED) is 0.856. The average Bonchev–Trinajstić information content (AvgIpc) is 2.47. The number of aromatic hydroxyl groups is 1. The van der Waals surface area contributed by atoms with E-state index in [-0.39, 0.29) is 23.8 Å². The molecule has 6 heteroatoms. The minimum atomic E-state index is -0.700. The summed E-state index contributed by atoms with van der Waals surface area (Å²) in [6.07, 6.45) is 3.12. The van der Waals surface area contributed by atoms with Gasteiger partial charge in [0.1, 0.15) is 11.3 Å². The van der Waals surface area contributed by atoms with Crippen molar-refractivity contribution < 1.29 is 19.4 Å². The second-order valence-corrected chi connectivity index (χ2v) is 5.59. The Labute approximate surface area is 125 Å². The van der Waals surface area contributed by atoms with Crippen molar-refractivity contribution in [3.63, 3.8) is 0 Å². The molecule has 0 aromatic heterocycles. The number of phenolic OH excluding ortho intramolecular Hbond substituents is 1. The van der Waals surface area contributed by atoms with Gasteiger partial charge in [0.2, 0.25) is 0 Å². The van der Waals surface area contributed by atoms with Crippen LogP contribution in [0.25, 0.3) is 0 Å². The summed E-state index contributed by atoms with van der Waals surface area (Å²) >= 11 is 3.21. The van der Waals surface area contributed by atoms with Crippen LogP contribution in [0.4, 0.5) is 0 Å². The van der Waals surface area contributed by atoms with Crippen LogP contribution in [0.15, 0.2) is 22.7 Å². The molecule has 0 spiro atoms. The lowest BCUT2D eigenvalue weighted by Gasteiger charge is -2.26. The van der Waals surface area contributed by atoms with E-state index in [1.807, 2.05) is 0 Å². The number of nitrogens with zero attached hydrogens (tertiary/aromatic N) is 1. The number of amides is 1. The summed E-state index contributed by atoms with van der Waals surface area (Å²) in [4.78, 5) is 25.4. The summed E-state index contributed by atoms with van der Waals surface area (Å²) in [6, 6.07) is 4.47. The molecule has 20 heavy (non-hydrogen) atoms. The molecule has 1 aromatic carbocycles. The fourth-order valence-electron chi connectivity index (χ4n) is 2.11. The maximum atomic E-state index is 11.9. The van der Waals surface area contributed by atoms with Crippen LogP contribution in [0.1, 0.15) is 29.6 Å². The normalized spacial score (nSPS) is 14.9. The second kappa shape index (κ2) is 6.74. The molecule has 1 saturated heterocycles. The molecule has 0 atom stereocenters. The van der Waals surface area contributed by atoms with Gasteiger partial charge in [-0.15, -0.1) is 0 Å². The highest BCUT2D eigenvalue weighted by Crippen LogP contribution is 2.22. The molecule has 1 aromatic rings. The highest BCUT2D eigenvalue weighted by Gasteiger charge is 2.19. The Hall–Kier alpha value is -1.56. The lowest BCUT2D eigenvalue weighted by molar-refractivity contribution is -0.135. The molecule has 1 amide bonds. The lowest BCUT2D eigenvalue weighted by Crippen LogP contribution is -2.38. The lowest BCUT2D eigenvalue weighted by atomic mass is 10.1. The summed E-state index contributed by atoms with van der Waals surface area (Å²) in [5.74, 6) is -1.05. The van der Waals surface area contributed by atoms with E-state index in [1.165, 1.54) is 12.1 Å². The Kier molecular flexibility index (Phi) is 5.00. The molecule has 5 nitrogen and oxygen atoms in total. The molecule has 1 aliphatic rings. The Bertz CT molecular complexity index is 512. The number of rotatable bonds is 3. The second-order valence-electron chi connectivity index (χ2n) is 4.68. The van der Waals surface area contributed by atoms with Crippen LogP contribution in [0.5, 0.6) is 5.75 Å². The van der Waals surface area contributed by atoms with E-state index in [0.29, 0.717) is 4.47 Å². The highest BCUT2D eigenvalue weighted by molar-refractivity contribution is 9.10. The average molecular weight is 342 g/mol. The zero-order valence-corrected chi connectivity index (χ0v) is 12.6. The van der Waals surface area contributed by atoms with Gasteiger partial charge >= 0.3 is 5.97 Å². The van der Waals surface area contributed by atoms with Gasteiger partial charge in [-0.3, -0.25) is 4.79 Å². The number of esters is 1. The van der Waals surface area contributed by atoms with Crippen LogP contribution in [-0.2, 0) is 9.53 Å². The van der Waals surface area contributed by atoms with E-state index < -0.39 is 5.97 Å². The number of hydrogen-bond acceptors (Lipinski definition) is 4. The van der Waals surface area contributed by atoms with Gasteiger partial charge < -0.3 is 14.7 Å². The summed E-state index contributed by atoms with van der Waals surface area (Å²) in [5, 5.41) is 9.60. The molecule has 0 unspecified atom stereocenters. The van der Waals surface area contributed by atoms with E-state index in [2.05, 4.69) is 15.9 Å². The number of likely N-dealkylation sites (tertiary alicyclic amines) is 1. The molecule has 0 bridgehead atoms. The maximum Gasteiger partial charge on any atom is 0.342 e. The van der Waals surface area contributed by atoms with Gasteiger partial charge in [0.05, 0.1) is 0 Å². The Morgan fingerprint density at radius 2 is 1.95 bits per heavy atom. The molecule has 108 valence electrons. The number of phenols is 1. The SMILES string of the molecule is O=C(OCC(=O)N1CCCCC1)c1cc(Br)ccc1O. The van der Waals surface area contributed by atoms with E-state index >= 15 is 0 Å². The third-order valence-electron chi connectivity index (χ3n) is 3.21. The first-order chi connectivity index (χ1) is 9.58. The van der Waals surface area contributed by atoms with E-state index in [1.54, 1.807) is 11.0 Å². The first-order valence-electron chi connectivity index (χ1n) is 6.51. The first kappa shape index (κ1) is 14.8. The number of hydrogen-bond donors (Lipinski definition) is 1. The van der Waals surface area contributed by atoms with Crippen molar-refractivity contribution in [1.82, 2.24) is 4.90 Å². The number of piperidine rings is 1. The molecule has 1 fully saturated rings. The zero-order chi connectivity index (χ0) is 14.5. The van der Waals surface area contributed by atoms with Crippen LogP contribution in [0.3, 0.4) is 0 Å². The fourth-order valence-corrected chi connectivity index (χ4v) is 2.47. The fraction of sp³-hybridized carbons (Fsp3) is 0.429. The largest absolute Gasteiger partial charge is 0.507 e. The van der Waals surface area contributed by atoms with Crippen LogP contribution >= 0.6 is 15.9 Å². The van der Waals surface area contributed by atoms with E-state index in [0.717, 1.165) is 32.4 Å². The third-order valence-corrected chi connectivity index (χ3v) is 3.71. The van der Waals surface area contributed by atoms with E-state index in [4.69, 9.17) is 4.74 Å². The summed E-state index contributed by atoms with van der Waals surface area (Å²) in [7, 11) is 0. The Balaban J connectivity index is 1.91. The monoisotopic (exact) mass is 341 g/mol. The Morgan fingerprint density at radius 3 is 2.65 bits per heavy atom. The third kappa shape index (κ3) is 3.72. The van der Waals surface area contributed by atoms with Crippen LogP contribution in [0, 0.1) is 0 Å². The van der Waals surface area contributed by atoms with Crippen molar-refractivity contribution in [1.29, 1.82) is 0 Å². The first-order valence-corrected chi connectivity index (χ1v) is 7.30. The van der Waals surface area contributed by atoms with Gasteiger partial charge in [0.25, 0.3) is 5.91 Å². The van der Waals surface area contributed by atoms with Gasteiger partial charge in [-0.1, -0.05) is 15.9 Å². The van der Waals surface area contributed by atoms with Gasteiger partial charge in [-0.2, -0.15) is 0 Å². The van der Waals surface area contributed by atoms with Gasteiger partial charge in [0.15, 0.2) is 6.61 Å². The summed E-state index contributed by atoms with van der Waals surface area (Å²) < 4.78 is 5.62. The van der Waals surface area contributed by atoms with Crippen molar-refractivity contribution in [2.24, 2.45) is 0 Å². The van der Waals surface area contributed by atoms with Gasteiger partial charge in [0, 0.05) is 17.6 Å². The number of carbonyl (C=O) groups excluding carboxylic acids is 2. The van der Waals surface area contributed by atoms with Crippen LogP contribution in [-0.4, -0.2) is 41.6 Å². The smallest absolute Gasteiger partial charge is 0.342 e.